The zero-order valence-corrected chi connectivity index (χ0v) is 11.9. The topological polar surface area (TPSA) is 34.1 Å². The average molecular weight is 299 g/mol. The molecule has 0 aromatic heterocycles. The summed E-state index contributed by atoms with van der Waals surface area (Å²) in [4.78, 5) is 24.1. The van der Waals surface area contributed by atoms with Gasteiger partial charge in [0.2, 0.25) is 0 Å². The van der Waals surface area contributed by atoms with Crippen molar-refractivity contribution >= 4 is 27.5 Å². The van der Waals surface area contributed by atoms with Crippen molar-refractivity contribution in [1.29, 1.82) is 0 Å². The third-order valence-corrected chi connectivity index (χ3v) is 5.07. The van der Waals surface area contributed by atoms with Crippen molar-refractivity contribution in [2.75, 3.05) is 0 Å². The molecule has 2 rings (SSSR count). The van der Waals surface area contributed by atoms with Crippen molar-refractivity contribution < 1.29 is 9.59 Å². The van der Waals surface area contributed by atoms with Crippen LogP contribution >= 0.6 is 15.9 Å². The van der Waals surface area contributed by atoms with Crippen molar-refractivity contribution in [3.8, 4) is 0 Å². The highest BCUT2D eigenvalue weighted by atomic mass is 79.9. The van der Waals surface area contributed by atoms with E-state index in [0.29, 0.717) is 19.3 Å². The first kappa shape index (κ1) is 13.0. The Hall–Kier alpha value is -0.440. The fraction of sp³-hybridized carbons (Fsp3) is 0.714. The van der Waals surface area contributed by atoms with Crippen molar-refractivity contribution in [3.05, 3.63) is 10.1 Å². The second-order valence-corrected chi connectivity index (χ2v) is 6.38. The molecule has 1 fully saturated rings. The molecule has 0 spiro atoms. The number of ketones is 2. The lowest BCUT2D eigenvalue weighted by molar-refractivity contribution is -0.142. The fourth-order valence-corrected chi connectivity index (χ4v) is 3.47. The summed E-state index contributed by atoms with van der Waals surface area (Å²) in [5, 5.41) is 0. The van der Waals surface area contributed by atoms with Crippen molar-refractivity contribution in [1.82, 2.24) is 0 Å². The van der Waals surface area contributed by atoms with Crippen LogP contribution in [0.5, 0.6) is 0 Å². The summed E-state index contributed by atoms with van der Waals surface area (Å²) in [7, 11) is 0. The summed E-state index contributed by atoms with van der Waals surface area (Å²) in [6.07, 6.45) is 7.04. The highest BCUT2D eigenvalue weighted by Gasteiger charge is 2.43. The largest absolute Gasteiger partial charge is 0.299 e. The monoisotopic (exact) mass is 298 g/mol. The predicted molar refractivity (Wildman–Crippen MR) is 71.0 cm³/mol. The van der Waals surface area contributed by atoms with Gasteiger partial charge in [-0.3, -0.25) is 9.59 Å². The van der Waals surface area contributed by atoms with Crippen LogP contribution in [0.25, 0.3) is 0 Å². The van der Waals surface area contributed by atoms with Crippen LogP contribution in [-0.4, -0.2) is 11.6 Å². The Bertz CT molecular complexity index is 366. The number of rotatable bonds is 2. The zero-order valence-electron chi connectivity index (χ0n) is 10.4. The predicted octanol–water partition coefficient (Wildman–Crippen LogP) is 3.93. The van der Waals surface area contributed by atoms with E-state index in [1.807, 2.05) is 6.92 Å². The Morgan fingerprint density at radius 3 is 2.18 bits per heavy atom. The lowest BCUT2D eigenvalue weighted by atomic mass is 9.69. The van der Waals surface area contributed by atoms with Crippen LogP contribution in [0.4, 0.5) is 0 Å². The van der Waals surface area contributed by atoms with Crippen LogP contribution in [0.2, 0.25) is 0 Å². The van der Waals surface area contributed by atoms with Gasteiger partial charge in [-0.2, -0.15) is 0 Å². The molecule has 2 aliphatic rings. The minimum absolute atomic E-state index is 0.145. The number of allylic oxidation sites excluding steroid dienone is 2. The molecule has 0 atom stereocenters. The Balaban J connectivity index is 2.20. The van der Waals surface area contributed by atoms with Crippen molar-refractivity contribution in [2.45, 2.75) is 58.3 Å². The SMILES string of the molecule is CC1(CC2=C(Br)CCCC2)C(=O)CCCC1=O. The van der Waals surface area contributed by atoms with Gasteiger partial charge in [0.25, 0.3) is 0 Å². The van der Waals surface area contributed by atoms with E-state index in [9.17, 15) is 9.59 Å². The average Bonchev–Trinajstić information content (AvgIpc) is 2.30. The lowest BCUT2D eigenvalue weighted by Crippen LogP contribution is -2.40. The zero-order chi connectivity index (χ0) is 12.5. The summed E-state index contributed by atoms with van der Waals surface area (Å²) < 4.78 is 1.23. The van der Waals surface area contributed by atoms with E-state index in [2.05, 4.69) is 15.9 Å². The van der Waals surface area contributed by atoms with Crippen LogP contribution in [0, 0.1) is 5.41 Å². The minimum atomic E-state index is -0.732. The van der Waals surface area contributed by atoms with E-state index >= 15 is 0 Å². The van der Waals surface area contributed by atoms with Crippen LogP contribution in [0.15, 0.2) is 10.1 Å². The molecule has 0 aromatic carbocycles. The maximum absolute atomic E-state index is 12.0. The molecule has 0 radical (unpaired) electrons. The maximum Gasteiger partial charge on any atom is 0.146 e. The number of carbonyl (C=O) groups is 2. The Morgan fingerprint density at radius 2 is 1.59 bits per heavy atom. The van der Waals surface area contributed by atoms with E-state index in [1.54, 1.807) is 0 Å². The number of hydrogen-bond donors (Lipinski definition) is 0. The summed E-state index contributed by atoms with van der Waals surface area (Å²) in [6, 6.07) is 0. The van der Waals surface area contributed by atoms with Gasteiger partial charge in [0.1, 0.15) is 11.6 Å². The number of hydrogen-bond acceptors (Lipinski definition) is 2. The van der Waals surface area contributed by atoms with Gasteiger partial charge < -0.3 is 0 Å². The molecule has 0 aliphatic heterocycles. The van der Waals surface area contributed by atoms with Gasteiger partial charge in [-0.05, 0) is 49.9 Å². The van der Waals surface area contributed by atoms with E-state index < -0.39 is 5.41 Å². The van der Waals surface area contributed by atoms with E-state index in [-0.39, 0.29) is 11.6 Å². The number of halogens is 1. The molecule has 0 amide bonds. The second kappa shape index (κ2) is 5.05. The number of carbonyl (C=O) groups excluding carboxylic acids is 2. The molecule has 0 bridgehead atoms. The molecule has 3 heteroatoms. The summed E-state index contributed by atoms with van der Waals surface area (Å²) in [5.41, 5.74) is 0.562. The Labute approximate surface area is 111 Å². The van der Waals surface area contributed by atoms with Gasteiger partial charge in [0.15, 0.2) is 0 Å². The molecule has 0 saturated heterocycles. The van der Waals surface area contributed by atoms with Gasteiger partial charge >= 0.3 is 0 Å². The Kier molecular flexibility index (Phi) is 3.86. The Morgan fingerprint density at radius 1 is 1.00 bits per heavy atom. The minimum Gasteiger partial charge on any atom is -0.299 e. The molecule has 1 saturated carbocycles. The molecule has 0 unspecified atom stereocenters. The van der Waals surface area contributed by atoms with Crippen LogP contribution < -0.4 is 0 Å². The third-order valence-electron chi connectivity index (χ3n) is 4.11. The molecule has 0 N–H and O–H groups in total. The van der Waals surface area contributed by atoms with E-state index in [4.69, 9.17) is 0 Å². The standard InChI is InChI=1S/C14H19BrO2/c1-14(12(16)7-4-8-13(14)17)9-10-5-2-3-6-11(10)15/h2-9H2,1H3. The highest BCUT2D eigenvalue weighted by molar-refractivity contribution is 9.11. The quantitative estimate of drug-likeness (QED) is 0.724. The van der Waals surface area contributed by atoms with Gasteiger partial charge in [-0.15, -0.1) is 0 Å². The molecular weight excluding hydrogens is 280 g/mol. The molecule has 94 valence electrons. The normalized spacial score (nSPS) is 25.3. The van der Waals surface area contributed by atoms with Crippen LogP contribution in [-0.2, 0) is 9.59 Å². The van der Waals surface area contributed by atoms with E-state index in [1.165, 1.54) is 22.9 Å². The molecule has 0 aromatic rings. The molecular formula is C14H19BrO2. The number of Topliss-reactive ketones (excluding diaryl/α,β-unsaturated/α-hetero) is 2. The lowest BCUT2D eigenvalue weighted by Gasteiger charge is -2.32. The summed E-state index contributed by atoms with van der Waals surface area (Å²) in [5.74, 6) is 0.291. The first-order valence-electron chi connectivity index (χ1n) is 6.47. The highest BCUT2D eigenvalue weighted by Crippen LogP contribution is 2.41. The van der Waals surface area contributed by atoms with Crippen molar-refractivity contribution in [3.63, 3.8) is 0 Å². The third kappa shape index (κ3) is 2.54. The second-order valence-electron chi connectivity index (χ2n) is 5.42. The summed E-state index contributed by atoms with van der Waals surface area (Å²) in [6.45, 7) is 1.85. The molecule has 2 nitrogen and oxygen atoms in total. The van der Waals surface area contributed by atoms with E-state index in [0.717, 1.165) is 19.3 Å². The first-order valence-corrected chi connectivity index (χ1v) is 7.26. The molecule has 2 aliphatic carbocycles. The molecule has 17 heavy (non-hydrogen) atoms. The van der Waals surface area contributed by atoms with Gasteiger partial charge in [0.05, 0.1) is 5.41 Å². The fourth-order valence-electron chi connectivity index (χ4n) is 2.86. The van der Waals surface area contributed by atoms with Crippen LogP contribution in [0.3, 0.4) is 0 Å². The summed E-state index contributed by atoms with van der Waals surface area (Å²) >= 11 is 3.60. The maximum atomic E-state index is 12.0. The van der Waals surface area contributed by atoms with Crippen LogP contribution in [0.1, 0.15) is 58.3 Å². The van der Waals surface area contributed by atoms with Gasteiger partial charge in [-0.25, -0.2) is 0 Å². The first-order chi connectivity index (χ1) is 8.04. The van der Waals surface area contributed by atoms with Crippen molar-refractivity contribution in [2.24, 2.45) is 5.41 Å². The molecule has 0 heterocycles. The van der Waals surface area contributed by atoms with Gasteiger partial charge in [0, 0.05) is 12.8 Å². The van der Waals surface area contributed by atoms with Gasteiger partial charge in [-0.1, -0.05) is 21.5 Å². The smallest absolute Gasteiger partial charge is 0.146 e.